The number of phosphoric acid groups is 1. The molecule has 0 radical (unpaired) electrons. The van der Waals surface area contributed by atoms with Crippen LogP contribution in [-0.4, -0.2) is 80.0 Å². The van der Waals surface area contributed by atoms with E-state index in [9.17, 15) is 33.9 Å². The molecular weight excluding hydrogens is 346 g/mol. The van der Waals surface area contributed by atoms with Crippen LogP contribution in [0, 0.1) is 0 Å². The van der Waals surface area contributed by atoms with Gasteiger partial charge >= 0.3 is 13.9 Å². The number of ether oxygens (including phenoxy) is 1. The largest absolute Gasteiger partial charge is 0.469 e. The minimum absolute atomic E-state index is 0.918. The summed E-state index contributed by atoms with van der Waals surface area (Å²) >= 11 is 0. The summed E-state index contributed by atoms with van der Waals surface area (Å²) in [5.74, 6) is -1.61. The third-order valence-electron chi connectivity index (χ3n) is 3.42. The van der Waals surface area contributed by atoms with Crippen molar-refractivity contribution in [3.63, 3.8) is 0 Å². The van der Waals surface area contributed by atoms with Gasteiger partial charge in [0.1, 0.15) is 24.4 Å². The molecule has 2 aliphatic heterocycles. The van der Waals surface area contributed by atoms with Gasteiger partial charge in [-0.2, -0.15) is 0 Å². The molecule has 6 unspecified atom stereocenters. The predicted octanol–water partition coefficient (Wildman–Crippen LogP) is -3.55. The Hall–Kier alpha value is -1.18. The number of halogens is 1. The lowest BCUT2D eigenvalue weighted by atomic mass is 9.89. The van der Waals surface area contributed by atoms with Gasteiger partial charge in [0.25, 0.3) is 11.6 Å². The molecule has 0 aromatic heterocycles. The van der Waals surface area contributed by atoms with Crippen LogP contribution in [-0.2, 0) is 18.6 Å². The highest BCUT2D eigenvalue weighted by Crippen LogP contribution is 2.39. The zero-order chi connectivity index (χ0) is 17.6. The van der Waals surface area contributed by atoms with Crippen LogP contribution in [0.4, 0.5) is 9.18 Å². The first-order valence-electron chi connectivity index (χ1n) is 6.17. The number of hydrogen-bond donors (Lipinski definition) is 7. The molecule has 6 atom stereocenters. The molecule has 0 spiro atoms. The number of amides is 3. The first-order valence-corrected chi connectivity index (χ1v) is 7.70. The van der Waals surface area contributed by atoms with Crippen molar-refractivity contribution in [2.75, 3.05) is 6.61 Å². The average molecular weight is 360 g/mol. The van der Waals surface area contributed by atoms with Gasteiger partial charge in [0.15, 0.2) is 6.23 Å². The number of carbonyl (C=O) groups is 2. The molecule has 132 valence electrons. The minimum atomic E-state index is -4.92. The maximum atomic E-state index is 14.8. The standard InChI is InChI=1S/C9H14FN2O10P/c10-9(6(15)11-8(17)12-7(9)16)5-4(14)3(13)2(22-5)1-21-23(18,19)20/h2-6,13-15H,1H2,(H2,18,19,20)(H2,11,12,16,17). The van der Waals surface area contributed by atoms with Gasteiger partial charge in [-0.15, -0.1) is 0 Å². The second-order valence-electron chi connectivity index (χ2n) is 4.96. The first kappa shape index (κ1) is 18.2. The molecule has 0 saturated carbocycles. The van der Waals surface area contributed by atoms with Gasteiger partial charge < -0.3 is 35.2 Å². The fraction of sp³-hybridized carbons (Fsp3) is 0.778. The molecule has 0 aromatic rings. The summed E-state index contributed by atoms with van der Waals surface area (Å²) in [7, 11) is -4.92. The molecule has 2 aliphatic rings. The fourth-order valence-corrected chi connectivity index (χ4v) is 2.62. The quantitative estimate of drug-likeness (QED) is 0.247. The van der Waals surface area contributed by atoms with Gasteiger partial charge in [0, 0.05) is 0 Å². The van der Waals surface area contributed by atoms with Crippen LogP contribution >= 0.6 is 7.82 Å². The van der Waals surface area contributed by atoms with Crippen molar-refractivity contribution >= 4 is 19.8 Å². The number of rotatable bonds is 4. The summed E-state index contributed by atoms with van der Waals surface area (Å²) in [6.07, 6.45) is -10.00. The molecular formula is C9H14FN2O10P. The average Bonchev–Trinajstić information content (AvgIpc) is 2.70. The molecule has 12 nitrogen and oxygen atoms in total. The highest BCUT2D eigenvalue weighted by atomic mass is 31.2. The molecule has 2 saturated heterocycles. The van der Waals surface area contributed by atoms with E-state index in [0.717, 1.165) is 0 Å². The van der Waals surface area contributed by atoms with Crippen LogP contribution in [0.3, 0.4) is 0 Å². The van der Waals surface area contributed by atoms with Crippen molar-refractivity contribution < 1.29 is 52.9 Å². The van der Waals surface area contributed by atoms with Crippen LogP contribution in [0.15, 0.2) is 0 Å². The van der Waals surface area contributed by atoms with E-state index in [-0.39, 0.29) is 0 Å². The highest BCUT2D eigenvalue weighted by Gasteiger charge is 2.64. The molecule has 0 aromatic carbocycles. The Morgan fingerprint density at radius 1 is 1.26 bits per heavy atom. The van der Waals surface area contributed by atoms with Crippen LogP contribution < -0.4 is 10.6 Å². The van der Waals surface area contributed by atoms with Crippen LogP contribution in [0.25, 0.3) is 0 Å². The van der Waals surface area contributed by atoms with Gasteiger partial charge in [0.05, 0.1) is 6.61 Å². The number of nitrogens with one attached hydrogen (secondary N) is 2. The third-order valence-corrected chi connectivity index (χ3v) is 3.91. The smallest absolute Gasteiger partial charge is 0.388 e. The number of alkyl halides is 1. The van der Waals surface area contributed by atoms with Gasteiger partial charge in [-0.05, 0) is 0 Å². The number of aliphatic hydroxyl groups is 3. The molecule has 0 aliphatic carbocycles. The SMILES string of the molecule is O=C1NC(=O)C(F)(C2OC(COP(=O)(O)O)C(O)C2O)C(O)N1. The Kier molecular flexibility index (Phi) is 4.76. The zero-order valence-electron chi connectivity index (χ0n) is 11.2. The second kappa shape index (κ2) is 6.03. The predicted molar refractivity (Wildman–Crippen MR) is 65.2 cm³/mol. The van der Waals surface area contributed by atoms with E-state index in [1.54, 1.807) is 5.32 Å². The highest BCUT2D eigenvalue weighted by molar-refractivity contribution is 7.46. The van der Waals surface area contributed by atoms with E-state index in [0.29, 0.717) is 0 Å². The van der Waals surface area contributed by atoms with Crippen molar-refractivity contribution in [1.82, 2.24) is 10.6 Å². The van der Waals surface area contributed by atoms with Crippen LogP contribution in [0.1, 0.15) is 0 Å². The van der Waals surface area contributed by atoms with Crippen molar-refractivity contribution in [2.45, 2.75) is 36.3 Å². The monoisotopic (exact) mass is 360 g/mol. The van der Waals surface area contributed by atoms with E-state index in [1.165, 1.54) is 5.32 Å². The third kappa shape index (κ3) is 3.36. The Labute approximate surface area is 127 Å². The van der Waals surface area contributed by atoms with E-state index < -0.39 is 62.7 Å². The van der Waals surface area contributed by atoms with Crippen molar-refractivity contribution in [3.05, 3.63) is 0 Å². The molecule has 2 fully saturated rings. The summed E-state index contributed by atoms with van der Waals surface area (Å²) in [5.41, 5.74) is -3.34. The second-order valence-corrected chi connectivity index (χ2v) is 6.20. The van der Waals surface area contributed by atoms with Crippen molar-refractivity contribution in [3.8, 4) is 0 Å². The van der Waals surface area contributed by atoms with E-state index in [1.807, 2.05) is 0 Å². The molecule has 2 heterocycles. The molecule has 3 amide bonds. The molecule has 2 rings (SSSR count). The first-order chi connectivity index (χ1) is 10.5. The van der Waals surface area contributed by atoms with Crippen LogP contribution in [0.2, 0.25) is 0 Å². The summed E-state index contributed by atoms with van der Waals surface area (Å²) in [6, 6.07) is -1.18. The fourth-order valence-electron chi connectivity index (χ4n) is 2.28. The number of urea groups is 1. The van der Waals surface area contributed by atoms with E-state index in [4.69, 9.17) is 14.5 Å². The van der Waals surface area contributed by atoms with Crippen molar-refractivity contribution in [1.29, 1.82) is 0 Å². The van der Waals surface area contributed by atoms with Gasteiger partial charge in [-0.25, -0.2) is 13.8 Å². The number of carbonyl (C=O) groups excluding carboxylic acids is 2. The number of hydrogen-bond acceptors (Lipinski definition) is 8. The molecule has 14 heteroatoms. The summed E-state index contributed by atoms with van der Waals surface area (Å²) in [5, 5.41) is 32.3. The Bertz CT molecular complexity index is 556. The van der Waals surface area contributed by atoms with Crippen LogP contribution in [0.5, 0.6) is 0 Å². The Morgan fingerprint density at radius 2 is 1.87 bits per heavy atom. The minimum Gasteiger partial charge on any atom is -0.388 e. The Balaban J connectivity index is 2.18. The number of aliphatic hydroxyl groups excluding tert-OH is 3. The maximum absolute atomic E-state index is 14.8. The molecule has 0 bridgehead atoms. The lowest BCUT2D eigenvalue weighted by molar-refractivity contribution is -0.174. The lowest BCUT2D eigenvalue weighted by Crippen LogP contribution is -2.72. The number of phosphoric ester groups is 1. The molecule has 23 heavy (non-hydrogen) atoms. The lowest BCUT2D eigenvalue weighted by Gasteiger charge is -2.37. The summed E-state index contributed by atoms with van der Waals surface area (Å²) < 4.78 is 34.4. The maximum Gasteiger partial charge on any atom is 0.469 e. The molecule has 7 N–H and O–H groups in total. The Morgan fingerprint density at radius 3 is 2.39 bits per heavy atom. The van der Waals surface area contributed by atoms with E-state index >= 15 is 0 Å². The summed E-state index contributed by atoms with van der Waals surface area (Å²) in [6.45, 7) is -0.918. The summed E-state index contributed by atoms with van der Waals surface area (Å²) in [4.78, 5) is 39.8. The number of imide groups is 1. The van der Waals surface area contributed by atoms with Crippen molar-refractivity contribution in [2.24, 2.45) is 0 Å². The van der Waals surface area contributed by atoms with E-state index in [2.05, 4.69) is 4.52 Å². The van der Waals surface area contributed by atoms with Gasteiger partial charge in [-0.3, -0.25) is 14.6 Å². The van der Waals surface area contributed by atoms with Gasteiger partial charge in [-0.1, -0.05) is 0 Å². The topological polar surface area (TPSA) is 195 Å². The van der Waals surface area contributed by atoms with Gasteiger partial charge in [0.2, 0.25) is 0 Å². The normalized spacial score (nSPS) is 41.6. The zero-order valence-corrected chi connectivity index (χ0v) is 12.1.